The van der Waals surface area contributed by atoms with Crippen LogP contribution < -0.4 is 10.7 Å². The Morgan fingerprint density at radius 2 is 2.08 bits per heavy atom. The predicted molar refractivity (Wildman–Crippen MR) is 92.0 cm³/mol. The molecule has 0 bridgehead atoms. The molecule has 0 aliphatic heterocycles. The van der Waals surface area contributed by atoms with Crippen LogP contribution in [0.25, 0.3) is 0 Å². The van der Waals surface area contributed by atoms with Crippen LogP contribution in [0.5, 0.6) is 0 Å². The smallest absolute Gasteiger partial charge is 0.291 e. The molecule has 7 nitrogen and oxygen atoms in total. The number of hydrogen-bond acceptors (Lipinski definition) is 5. The first-order chi connectivity index (χ1) is 11.5. The molecule has 2 N–H and O–H groups in total. The van der Waals surface area contributed by atoms with Crippen LogP contribution in [0.4, 0.5) is 5.69 Å². The lowest BCUT2D eigenvalue weighted by Crippen LogP contribution is -2.22. The number of nitrogens with zero attached hydrogens (tertiary/aromatic N) is 3. The van der Waals surface area contributed by atoms with Gasteiger partial charge in [0.1, 0.15) is 5.69 Å². The number of rotatable bonds is 5. The topological polar surface area (TPSA) is 96.3 Å². The molecule has 0 spiro atoms. The summed E-state index contributed by atoms with van der Waals surface area (Å²) in [5.74, 6) is -0.746. The second-order valence-corrected chi connectivity index (χ2v) is 5.42. The SMILES string of the molecule is C/C(CC(=O)Nc1cccc(Cl)c1C)=N/NC(=O)c1cnccn1. The van der Waals surface area contributed by atoms with E-state index in [9.17, 15) is 9.59 Å². The molecule has 0 unspecified atom stereocenters. The number of carbonyl (C=O) groups is 2. The van der Waals surface area contributed by atoms with Crippen molar-refractivity contribution >= 4 is 34.8 Å². The third-order valence-electron chi connectivity index (χ3n) is 3.10. The number of hydrazone groups is 1. The van der Waals surface area contributed by atoms with Gasteiger partial charge in [-0.25, -0.2) is 10.4 Å². The van der Waals surface area contributed by atoms with Gasteiger partial charge in [0.25, 0.3) is 5.91 Å². The van der Waals surface area contributed by atoms with Crippen LogP contribution in [0.3, 0.4) is 0 Å². The molecule has 2 rings (SSSR count). The Morgan fingerprint density at radius 1 is 1.29 bits per heavy atom. The molecular weight excluding hydrogens is 330 g/mol. The fourth-order valence-electron chi connectivity index (χ4n) is 1.83. The van der Waals surface area contributed by atoms with Gasteiger partial charge in [0.05, 0.1) is 12.6 Å². The highest BCUT2D eigenvalue weighted by Gasteiger charge is 2.09. The summed E-state index contributed by atoms with van der Waals surface area (Å²) in [7, 11) is 0. The minimum absolute atomic E-state index is 0.0344. The van der Waals surface area contributed by atoms with E-state index in [1.165, 1.54) is 18.6 Å². The molecule has 0 atom stereocenters. The van der Waals surface area contributed by atoms with Gasteiger partial charge >= 0.3 is 0 Å². The zero-order valence-corrected chi connectivity index (χ0v) is 14.0. The number of aromatic nitrogens is 2. The predicted octanol–water partition coefficient (Wildman–Crippen LogP) is 2.57. The van der Waals surface area contributed by atoms with E-state index in [0.717, 1.165) is 5.56 Å². The fourth-order valence-corrected chi connectivity index (χ4v) is 2.00. The van der Waals surface area contributed by atoms with Crippen LogP contribution in [0, 0.1) is 6.92 Å². The zero-order chi connectivity index (χ0) is 17.5. The van der Waals surface area contributed by atoms with Gasteiger partial charge in [0.2, 0.25) is 5.91 Å². The maximum absolute atomic E-state index is 12.0. The van der Waals surface area contributed by atoms with Gasteiger partial charge in [-0.3, -0.25) is 14.6 Å². The summed E-state index contributed by atoms with van der Waals surface area (Å²) in [4.78, 5) is 31.5. The molecule has 1 aromatic heterocycles. The lowest BCUT2D eigenvalue weighted by molar-refractivity contribution is -0.115. The Labute approximate surface area is 144 Å². The molecule has 0 aliphatic carbocycles. The van der Waals surface area contributed by atoms with E-state index in [0.29, 0.717) is 16.4 Å². The number of nitrogens with one attached hydrogen (secondary N) is 2. The Bertz CT molecular complexity index is 777. The normalized spacial score (nSPS) is 11.0. The largest absolute Gasteiger partial charge is 0.325 e. The van der Waals surface area contributed by atoms with E-state index in [4.69, 9.17) is 11.6 Å². The Hall–Kier alpha value is -2.80. The summed E-state index contributed by atoms with van der Waals surface area (Å²) in [6.45, 7) is 3.46. The number of halogens is 1. The van der Waals surface area contributed by atoms with Crippen LogP contribution in [-0.4, -0.2) is 27.5 Å². The van der Waals surface area contributed by atoms with Gasteiger partial charge in [-0.05, 0) is 31.5 Å². The van der Waals surface area contributed by atoms with Crippen molar-refractivity contribution < 1.29 is 9.59 Å². The van der Waals surface area contributed by atoms with Crippen molar-refractivity contribution in [1.29, 1.82) is 0 Å². The Morgan fingerprint density at radius 3 is 2.79 bits per heavy atom. The second-order valence-electron chi connectivity index (χ2n) is 5.02. The molecule has 0 saturated carbocycles. The highest BCUT2D eigenvalue weighted by atomic mass is 35.5. The van der Waals surface area contributed by atoms with Gasteiger partial charge in [-0.15, -0.1) is 0 Å². The molecule has 24 heavy (non-hydrogen) atoms. The minimum Gasteiger partial charge on any atom is -0.325 e. The Balaban J connectivity index is 1.91. The molecule has 0 fully saturated rings. The average molecular weight is 346 g/mol. The summed E-state index contributed by atoms with van der Waals surface area (Å²) >= 11 is 6.01. The zero-order valence-electron chi connectivity index (χ0n) is 13.2. The molecule has 2 amide bonds. The van der Waals surface area contributed by atoms with Crippen molar-refractivity contribution in [3.63, 3.8) is 0 Å². The molecule has 2 aromatic rings. The summed E-state index contributed by atoms with van der Waals surface area (Å²) in [6.07, 6.45) is 4.24. The van der Waals surface area contributed by atoms with Crippen LogP contribution >= 0.6 is 11.6 Å². The van der Waals surface area contributed by atoms with Gasteiger partial charge in [0, 0.05) is 28.8 Å². The van der Waals surface area contributed by atoms with Crippen LogP contribution in [0.15, 0.2) is 41.9 Å². The van der Waals surface area contributed by atoms with Gasteiger partial charge in [-0.2, -0.15) is 5.10 Å². The Kier molecular flexibility index (Phi) is 5.97. The third-order valence-corrected chi connectivity index (χ3v) is 3.51. The average Bonchev–Trinajstić information content (AvgIpc) is 2.57. The monoisotopic (exact) mass is 345 g/mol. The van der Waals surface area contributed by atoms with Crippen LogP contribution in [0.2, 0.25) is 5.02 Å². The number of carbonyl (C=O) groups excluding carboxylic acids is 2. The molecule has 1 heterocycles. The standard InChI is InChI=1S/C16H16ClN5O2/c1-10(21-22-16(24)14-9-18-6-7-19-14)8-15(23)20-13-5-3-4-12(17)11(13)2/h3-7,9H,8H2,1-2H3,(H,20,23)(H,22,24)/b21-10-. The van der Waals surface area contributed by atoms with Crippen molar-refractivity contribution in [3.05, 3.63) is 53.1 Å². The summed E-state index contributed by atoms with van der Waals surface area (Å²) < 4.78 is 0. The molecule has 8 heteroatoms. The molecule has 0 saturated heterocycles. The van der Waals surface area contributed by atoms with Crippen LogP contribution in [0.1, 0.15) is 29.4 Å². The minimum atomic E-state index is -0.492. The molecule has 0 radical (unpaired) electrons. The van der Waals surface area contributed by atoms with E-state index in [2.05, 4.69) is 25.8 Å². The molecule has 1 aromatic carbocycles. The quantitative estimate of drug-likeness (QED) is 0.643. The van der Waals surface area contributed by atoms with E-state index in [-0.39, 0.29) is 18.0 Å². The van der Waals surface area contributed by atoms with Crippen molar-refractivity contribution in [2.75, 3.05) is 5.32 Å². The lowest BCUT2D eigenvalue weighted by Gasteiger charge is -2.09. The number of amides is 2. The first-order valence-electron chi connectivity index (χ1n) is 7.12. The molecule has 124 valence electrons. The van der Waals surface area contributed by atoms with Gasteiger partial charge in [0.15, 0.2) is 0 Å². The van der Waals surface area contributed by atoms with E-state index in [1.54, 1.807) is 25.1 Å². The highest BCUT2D eigenvalue weighted by molar-refractivity contribution is 6.31. The summed E-state index contributed by atoms with van der Waals surface area (Å²) in [6, 6.07) is 5.27. The van der Waals surface area contributed by atoms with Gasteiger partial charge < -0.3 is 5.32 Å². The maximum atomic E-state index is 12.0. The fraction of sp³-hybridized carbons (Fsp3) is 0.188. The number of anilines is 1. The van der Waals surface area contributed by atoms with E-state index < -0.39 is 5.91 Å². The maximum Gasteiger partial charge on any atom is 0.291 e. The molecule has 0 aliphatic rings. The highest BCUT2D eigenvalue weighted by Crippen LogP contribution is 2.22. The third kappa shape index (κ3) is 4.85. The molecular formula is C16H16ClN5O2. The van der Waals surface area contributed by atoms with Crippen molar-refractivity contribution in [1.82, 2.24) is 15.4 Å². The summed E-state index contributed by atoms with van der Waals surface area (Å²) in [5, 5.41) is 7.22. The van der Waals surface area contributed by atoms with Gasteiger partial charge in [-0.1, -0.05) is 17.7 Å². The van der Waals surface area contributed by atoms with E-state index >= 15 is 0 Å². The first kappa shape index (κ1) is 17.6. The van der Waals surface area contributed by atoms with Crippen molar-refractivity contribution in [2.24, 2.45) is 5.10 Å². The number of hydrogen-bond donors (Lipinski definition) is 2. The summed E-state index contributed by atoms with van der Waals surface area (Å²) in [5.41, 5.74) is 4.36. The van der Waals surface area contributed by atoms with Crippen LogP contribution in [-0.2, 0) is 4.79 Å². The first-order valence-corrected chi connectivity index (χ1v) is 7.49. The number of benzene rings is 1. The second kappa shape index (κ2) is 8.16. The van der Waals surface area contributed by atoms with E-state index in [1.807, 2.05) is 6.92 Å². The van der Waals surface area contributed by atoms with Crippen molar-refractivity contribution in [3.8, 4) is 0 Å². The lowest BCUT2D eigenvalue weighted by atomic mass is 10.2. The van der Waals surface area contributed by atoms with Crippen molar-refractivity contribution in [2.45, 2.75) is 20.3 Å².